The highest BCUT2D eigenvalue weighted by atomic mass is 16.6. The number of aliphatic hydroxyl groups is 5. The van der Waals surface area contributed by atoms with Gasteiger partial charge in [0, 0.05) is 102 Å². The van der Waals surface area contributed by atoms with Gasteiger partial charge in [0.2, 0.25) is 23.1 Å². The fourth-order valence-electron chi connectivity index (χ4n) is 22.6. The number of amides is 2. The highest BCUT2D eigenvalue weighted by Crippen LogP contribution is 2.69. The molecule has 0 radical (unpaired) electrons. The number of nitrogens with zero attached hydrogens (tertiary/aromatic N) is 2. The maximum absolute atomic E-state index is 13.3. The van der Waals surface area contributed by atoms with E-state index in [0.717, 1.165) is 36.8 Å². The Morgan fingerprint density at radius 2 is 1.10 bits per heavy atom. The number of fused-ring (bicyclic) bond motifs is 18. The number of piperazine rings is 2. The van der Waals surface area contributed by atoms with Gasteiger partial charge in [-0.3, -0.25) is 43.2 Å². The second-order valence-corrected chi connectivity index (χ2v) is 31.7. The molecule has 544 valence electrons. The molecule has 28 nitrogen and oxygen atoms in total. The van der Waals surface area contributed by atoms with Gasteiger partial charge in [-0.05, 0) is 119 Å². The van der Waals surface area contributed by atoms with E-state index in [9.17, 15) is 78.3 Å². The van der Waals surface area contributed by atoms with E-state index in [1.165, 1.54) is 28.1 Å². The Morgan fingerprint density at radius 3 is 1.56 bits per heavy atom. The number of methoxy groups -OCH3 is 2. The molecule has 28 heteroatoms. The lowest BCUT2D eigenvalue weighted by Gasteiger charge is -2.60. The maximum Gasteiger partial charge on any atom is 0.404 e. The molecule has 0 aromatic rings. The molecule has 0 aromatic heterocycles. The number of hydrogen-bond acceptors (Lipinski definition) is 26. The first-order chi connectivity index (χ1) is 47.4. The Morgan fingerprint density at radius 1 is 0.644 bits per heavy atom. The number of allylic oxidation sites excluding steroid dienone is 12. The van der Waals surface area contributed by atoms with Gasteiger partial charge in [-0.15, -0.1) is 0 Å². The van der Waals surface area contributed by atoms with Crippen LogP contribution in [-0.2, 0) is 62.1 Å². The summed E-state index contributed by atoms with van der Waals surface area (Å²) >= 11 is 0. The lowest BCUT2D eigenvalue weighted by Crippen LogP contribution is -2.62. The third-order valence-electron chi connectivity index (χ3n) is 27.5. The van der Waals surface area contributed by atoms with E-state index in [0.29, 0.717) is 50.2 Å². The zero-order chi connectivity index (χ0) is 73.5. The minimum absolute atomic E-state index is 0.00620. The van der Waals surface area contributed by atoms with Gasteiger partial charge in [0.15, 0.2) is 34.6 Å². The number of aliphatic hydroxyl groups excluding tert-OH is 3. The maximum atomic E-state index is 13.3. The predicted molar refractivity (Wildman–Crippen MR) is 354 cm³/mol. The fourth-order valence-corrected chi connectivity index (χ4v) is 22.6. The average molecular weight is 1400 g/mol. The molecule has 6 aliphatic heterocycles. The number of nitrogens with two attached hydrogens (primary N) is 4. The van der Waals surface area contributed by atoms with E-state index in [1.54, 1.807) is 24.3 Å². The Kier molecular flexibility index (Phi) is 17.2. The summed E-state index contributed by atoms with van der Waals surface area (Å²) < 4.78 is 21.6. The molecule has 0 spiro atoms. The molecule has 0 unspecified atom stereocenters. The molecule has 16 aliphatic rings. The monoisotopic (exact) mass is 1400 g/mol. The van der Waals surface area contributed by atoms with Crippen molar-refractivity contribution < 1.29 is 97.2 Å². The number of rotatable bonds is 10. The molecule has 0 bridgehead atoms. The molecule has 4 saturated heterocycles. The number of ketones is 9. The molecule has 2 amide bonds. The second kappa shape index (κ2) is 24.2. The molecule has 16 rings (SSSR count). The predicted octanol–water partition coefficient (Wildman–Crippen LogP) is 0.267. The molecule has 0 aromatic carbocycles. The summed E-state index contributed by atoms with van der Waals surface area (Å²) in [6.45, 7) is 12.5. The van der Waals surface area contributed by atoms with Gasteiger partial charge >= 0.3 is 12.2 Å². The Hall–Kier alpha value is -7.67. The first kappa shape index (κ1) is 71.7. The van der Waals surface area contributed by atoms with E-state index >= 15 is 0 Å². The van der Waals surface area contributed by atoms with Crippen molar-refractivity contribution in [1.82, 2.24) is 20.4 Å². The first-order valence-electron chi connectivity index (χ1n) is 34.9. The summed E-state index contributed by atoms with van der Waals surface area (Å²) in [5, 5.41) is 58.9. The van der Waals surface area contributed by atoms with Crippen molar-refractivity contribution in [3.63, 3.8) is 0 Å². The highest BCUT2D eigenvalue weighted by molar-refractivity contribution is 6.26. The minimum atomic E-state index is -1.62. The summed E-state index contributed by atoms with van der Waals surface area (Å²) in [7, 11) is 3.04. The highest BCUT2D eigenvalue weighted by Gasteiger charge is 2.76. The zero-order valence-electron chi connectivity index (χ0n) is 58.2. The third-order valence-corrected chi connectivity index (χ3v) is 27.5. The van der Waals surface area contributed by atoms with Gasteiger partial charge in [0.1, 0.15) is 43.4 Å². The summed E-state index contributed by atoms with van der Waals surface area (Å²) in [5.41, 5.74) is 17.9. The molecule has 6 saturated carbocycles. The van der Waals surface area contributed by atoms with Crippen molar-refractivity contribution in [2.45, 2.75) is 159 Å². The van der Waals surface area contributed by atoms with Crippen LogP contribution in [0, 0.1) is 74.9 Å². The summed E-state index contributed by atoms with van der Waals surface area (Å²) in [5.74, 6) is -3.35. The normalized spacial score (nSPS) is 43.3. The van der Waals surface area contributed by atoms with Crippen LogP contribution in [0.3, 0.4) is 0 Å². The fraction of sp³-hybridized carbons (Fsp3) is 0.630. The van der Waals surface area contributed by atoms with Gasteiger partial charge in [0.05, 0.1) is 52.8 Å². The molecular weight excluding hydrogens is 1310 g/mol. The van der Waals surface area contributed by atoms with Gasteiger partial charge in [-0.25, -0.2) is 9.59 Å². The first-order valence-corrected chi connectivity index (χ1v) is 34.9. The average Bonchev–Trinajstić information content (AvgIpc) is 1.52. The molecule has 15 N–H and O–H groups in total. The standard InChI is InChI=1S/C22H30O5.C21H26O5.2C15H18N4O5/c1-12-8-14-15-5-7-22(27,18(26)11-23)21(15,3)10-17(25)19(14)20(2)6-4-13(24)9-16(12)20;1-19-7-5-13(23)9-12(19)3-4-14-15-6-8-21(26,17(25)11-22)20(15,2)10-16(24)18(14)19;2*1-5-9(16)12(21)8-6(4-24-14(17)22)15(23-2)13-7(18-13)3-19(15)10(8)11(5)20/h4,6,9,12,14-15,17,19,23,25,27H,5,7-8,10-11H2,1-3H3;5,7,9,14-15,18,22,26H,3-4,6,8,10-11H2,1-2H3;2*6-7,13,18H,3-4,16H2,1-2H3,(H2,17,22)/t12-,14-,15-,17-,19+,20-,21-,22-;14-,15-,18+,19-,20-,21-;2*6-,7+,13+,15-/m0011/s1. The summed E-state index contributed by atoms with van der Waals surface area (Å²) in [4.78, 5) is 139. The van der Waals surface area contributed by atoms with Gasteiger partial charge < -0.3 is 87.8 Å². The van der Waals surface area contributed by atoms with Crippen LogP contribution in [0.4, 0.5) is 9.59 Å². The van der Waals surface area contributed by atoms with Crippen molar-refractivity contribution in [1.29, 1.82) is 0 Å². The SMILES string of the molecule is CO[C@@]12[C@H](COC(N)=O)C3=C(C(=O)C(C)=C(N)C3=O)N1C[C@@H]1N[C@@H]12.CO[C@@]12[C@H](COC(N)=O)C3=C(C(=O)C(C)=C(N)C3=O)N1C[C@@H]1N[C@@H]12.C[C@H]1C[C@@H]2[C@H]([C@@H](O)C[C@@]3(C)[C@H]2CC[C@]3(O)C(=O)CO)[C@@]2(C)C=CC(=O)C=C12.C[C@]12C=CC(=O)C=C1CC[C@@H]1[C@@H]2C(=O)C[C@@]2(C)[C@H]1CC[C@]2(O)C(=O)CO. The molecule has 10 aliphatic carbocycles. The number of Topliss-reactive ketones (excluding diaryl/α,β-unsaturated/α-hetero) is 7. The lowest BCUT2D eigenvalue weighted by molar-refractivity contribution is -0.180. The van der Waals surface area contributed by atoms with Crippen LogP contribution in [0.5, 0.6) is 0 Å². The number of hydrogen-bond donors (Lipinski definition) is 11. The van der Waals surface area contributed by atoms with E-state index in [4.69, 9.17) is 41.9 Å². The van der Waals surface area contributed by atoms with Crippen LogP contribution in [0.15, 0.2) is 92.7 Å². The zero-order valence-corrected chi connectivity index (χ0v) is 58.2. The summed E-state index contributed by atoms with van der Waals surface area (Å²) in [6, 6.07) is 0.219. The number of primary amides is 2. The molecule has 22 atom stereocenters. The Balaban J connectivity index is 0.000000121. The largest absolute Gasteiger partial charge is 0.449 e. The van der Waals surface area contributed by atoms with Crippen molar-refractivity contribution in [2.24, 2.45) is 97.9 Å². The minimum Gasteiger partial charge on any atom is -0.449 e. The Bertz CT molecular complexity index is 3930. The van der Waals surface area contributed by atoms with Crippen molar-refractivity contribution in [3.8, 4) is 0 Å². The topological polar surface area (TPSA) is 480 Å². The molecule has 6 heterocycles. The van der Waals surface area contributed by atoms with Crippen molar-refractivity contribution in [3.05, 3.63) is 92.7 Å². The number of nitrogens with one attached hydrogen (secondary N) is 2. The molecular formula is C73H92N8O20. The number of ether oxygens (including phenoxy) is 4. The molecule has 10 fully saturated rings. The van der Waals surface area contributed by atoms with E-state index < -0.39 is 105 Å². The lowest BCUT2D eigenvalue weighted by atomic mass is 9.45. The van der Waals surface area contributed by atoms with Crippen LogP contribution < -0.4 is 33.6 Å². The van der Waals surface area contributed by atoms with E-state index in [-0.39, 0.29) is 153 Å². The number of carbonyl (C=O) groups excluding carboxylic acids is 11. The quantitative estimate of drug-likeness (QED) is 0.103. The van der Waals surface area contributed by atoms with Crippen LogP contribution in [-0.4, -0.2) is 206 Å². The van der Waals surface area contributed by atoms with Crippen LogP contribution in [0.1, 0.15) is 106 Å². The van der Waals surface area contributed by atoms with Crippen molar-refractivity contribution >= 4 is 64.2 Å². The Labute approximate surface area is 583 Å². The number of carbonyl (C=O) groups is 11. The van der Waals surface area contributed by atoms with Crippen LogP contribution >= 0.6 is 0 Å². The summed E-state index contributed by atoms with van der Waals surface area (Å²) in [6.07, 6.45) is 12.8. The van der Waals surface area contributed by atoms with Crippen molar-refractivity contribution in [2.75, 3.05) is 53.7 Å². The van der Waals surface area contributed by atoms with E-state index in [2.05, 4.69) is 24.5 Å². The smallest absolute Gasteiger partial charge is 0.404 e. The van der Waals surface area contributed by atoms with Gasteiger partial charge in [0.25, 0.3) is 0 Å². The van der Waals surface area contributed by atoms with E-state index in [1.807, 2.05) is 42.7 Å². The third kappa shape index (κ3) is 9.80. The molecule has 101 heavy (non-hydrogen) atoms. The van der Waals surface area contributed by atoms with Crippen LogP contribution in [0.25, 0.3) is 0 Å². The van der Waals surface area contributed by atoms with Gasteiger partial charge in [-0.2, -0.15) is 0 Å². The van der Waals surface area contributed by atoms with Crippen LogP contribution in [0.2, 0.25) is 0 Å². The van der Waals surface area contributed by atoms with Gasteiger partial charge in [-0.1, -0.05) is 57.9 Å². The second-order valence-electron chi connectivity index (χ2n) is 31.7.